The number of hydrogen-bond acceptors (Lipinski definition) is 4. The summed E-state index contributed by atoms with van der Waals surface area (Å²) in [4.78, 5) is 15.3. The van der Waals surface area contributed by atoms with Crippen LogP contribution in [0, 0.1) is 0 Å². The van der Waals surface area contributed by atoms with Gasteiger partial charge in [-0.3, -0.25) is 9.79 Å². The van der Waals surface area contributed by atoms with Gasteiger partial charge in [-0.25, -0.2) is 0 Å². The summed E-state index contributed by atoms with van der Waals surface area (Å²) in [6.07, 6.45) is 1.85. The molecule has 1 aromatic carbocycles. The molecule has 0 bridgehead atoms. The summed E-state index contributed by atoms with van der Waals surface area (Å²) in [5.41, 5.74) is 1.57. The maximum atomic E-state index is 11.2. The van der Waals surface area contributed by atoms with Crippen LogP contribution in [0.15, 0.2) is 41.9 Å². The van der Waals surface area contributed by atoms with Crippen LogP contribution in [-0.2, 0) is 9.53 Å². The molecule has 96 valence electrons. The predicted molar refractivity (Wildman–Crippen MR) is 71.2 cm³/mol. The van der Waals surface area contributed by atoms with E-state index in [9.17, 15) is 4.79 Å². The van der Waals surface area contributed by atoms with E-state index >= 15 is 0 Å². The van der Waals surface area contributed by atoms with Crippen LogP contribution in [0.25, 0.3) is 0 Å². The fourth-order valence-corrected chi connectivity index (χ4v) is 1.42. The van der Waals surface area contributed by atoms with Gasteiger partial charge in [0.15, 0.2) is 0 Å². The molecule has 0 amide bonds. The first-order chi connectivity index (χ1) is 8.71. The van der Waals surface area contributed by atoms with Crippen molar-refractivity contribution in [2.75, 3.05) is 20.8 Å². The molecule has 0 fully saturated rings. The highest BCUT2D eigenvalue weighted by molar-refractivity contribution is 6.09. The van der Waals surface area contributed by atoms with Gasteiger partial charge in [0.1, 0.15) is 12.4 Å². The average molecular weight is 247 g/mol. The van der Waals surface area contributed by atoms with Crippen molar-refractivity contribution in [2.45, 2.75) is 6.42 Å². The minimum Gasteiger partial charge on any atom is -0.490 e. The van der Waals surface area contributed by atoms with E-state index in [4.69, 9.17) is 4.74 Å². The van der Waals surface area contributed by atoms with Crippen LogP contribution in [0.4, 0.5) is 0 Å². The molecular formula is C14H17NO3. The van der Waals surface area contributed by atoms with E-state index in [0.717, 1.165) is 11.3 Å². The lowest BCUT2D eigenvalue weighted by atomic mass is 10.1. The van der Waals surface area contributed by atoms with Crippen molar-refractivity contribution in [3.63, 3.8) is 0 Å². The van der Waals surface area contributed by atoms with Crippen LogP contribution in [0.3, 0.4) is 0 Å². The van der Waals surface area contributed by atoms with Gasteiger partial charge in [0.05, 0.1) is 19.2 Å². The Kier molecular flexibility index (Phi) is 5.64. The molecule has 0 radical (unpaired) electrons. The predicted octanol–water partition coefficient (Wildman–Crippen LogP) is 2.23. The SMILES string of the molecule is C=CCOc1ccc(C(CC(=O)OC)=NC)cc1. The minimum atomic E-state index is -0.303. The molecule has 0 saturated carbocycles. The van der Waals surface area contributed by atoms with Crippen molar-refractivity contribution in [2.24, 2.45) is 4.99 Å². The summed E-state index contributed by atoms with van der Waals surface area (Å²) in [6.45, 7) is 4.05. The Bertz CT molecular complexity index is 435. The lowest BCUT2D eigenvalue weighted by molar-refractivity contribution is -0.139. The number of methoxy groups -OCH3 is 1. The molecule has 18 heavy (non-hydrogen) atoms. The molecule has 0 unspecified atom stereocenters. The zero-order chi connectivity index (χ0) is 13.4. The van der Waals surface area contributed by atoms with Crippen molar-refractivity contribution in [3.05, 3.63) is 42.5 Å². The molecule has 4 heteroatoms. The topological polar surface area (TPSA) is 47.9 Å². The Hall–Kier alpha value is -2.10. The Morgan fingerprint density at radius 3 is 2.56 bits per heavy atom. The monoisotopic (exact) mass is 247 g/mol. The molecule has 0 heterocycles. The smallest absolute Gasteiger partial charge is 0.311 e. The van der Waals surface area contributed by atoms with Crippen LogP contribution in [0.2, 0.25) is 0 Å². The molecule has 1 aromatic rings. The summed E-state index contributed by atoms with van der Waals surface area (Å²) in [5.74, 6) is 0.453. The molecule has 0 atom stereocenters. The maximum Gasteiger partial charge on any atom is 0.311 e. The van der Waals surface area contributed by atoms with E-state index < -0.39 is 0 Å². The second-order valence-electron chi connectivity index (χ2n) is 3.55. The molecule has 0 aromatic heterocycles. The number of carbonyl (C=O) groups excluding carboxylic acids is 1. The third-order valence-corrected chi connectivity index (χ3v) is 2.36. The van der Waals surface area contributed by atoms with Gasteiger partial charge in [-0.2, -0.15) is 0 Å². The number of benzene rings is 1. The Morgan fingerprint density at radius 1 is 1.39 bits per heavy atom. The number of aliphatic imine (C=N–C) groups is 1. The third kappa shape index (κ3) is 4.05. The normalized spacial score (nSPS) is 10.9. The molecule has 0 spiro atoms. The average Bonchev–Trinajstić information content (AvgIpc) is 2.42. The van der Waals surface area contributed by atoms with E-state index in [2.05, 4.69) is 16.3 Å². The third-order valence-electron chi connectivity index (χ3n) is 2.36. The number of carbonyl (C=O) groups is 1. The highest BCUT2D eigenvalue weighted by atomic mass is 16.5. The summed E-state index contributed by atoms with van der Waals surface area (Å²) < 4.78 is 10.0. The van der Waals surface area contributed by atoms with Gasteiger partial charge >= 0.3 is 5.97 Å². The van der Waals surface area contributed by atoms with E-state index in [-0.39, 0.29) is 12.4 Å². The molecular weight excluding hydrogens is 230 g/mol. The van der Waals surface area contributed by atoms with Crippen molar-refractivity contribution < 1.29 is 14.3 Å². The van der Waals surface area contributed by atoms with Crippen molar-refractivity contribution in [3.8, 4) is 5.75 Å². The fraction of sp³-hybridized carbons (Fsp3) is 0.286. The molecule has 0 saturated heterocycles. The zero-order valence-corrected chi connectivity index (χ0v) is 10.7. The van der Waals surface area contributed by atoms with Crippen LogP contribution in [-0.4, -0.2) is 32.4 Å². The van der Waals surface area contributed by atoms with E-state index in [0.29, 0.717) is 12.3 Å². The van der Waals surface area contributed by atoms with Gasteiger partial charge in [0.25, 0.3) is 0 Å². The second-order valence-corrected chi connectivity index (χ2v) is 3.55. The zero-order valence-electron chi connectivity index (χ0n) is 10.7. The fourth-order valence-electron chi connectivity index (χ4n) is 1.42. The van der Waals surface area contributed by atoms with Crippen molar-refractivity contribution >= 4 is 11.7 Å². The standard InChI is InChI=1S/C14H17NO3/c1-4-9-18-12-7-5-11(6-8-12)13(15-2)10-14(16)17-3/h4-8H,1,9-10H2,2-3H3. The van der Waals surface area contributed by atoms with Gasteiger partial charge in [-0.15, -0.1) is 0 Å². The Balaban J connectivity index is 2.76. The first kappa shape index (κ1) is 14.0. The maximum absolute atomic E-state index is 11.2. The largest absolute Gasteiger partial charge is 0.490 e. The van der Waals surface area contributed by atoms with Crippen molar-refractivity contribution in [1.82, 2.24) is 0 Å². The summed E-state index contributed by atoms with van der Waals surface area (Å²) in [5, 5.41) is 0. The summed E-state index contributed by atoms with van der Waals surface area (Å²) in [7, 11) is 3.02. The van der Waals surface area contributed by atoms with Crippen LogP contribution in [0.1, 0.15) is 12.0 Å². The lowest BCUT2D eigenvalue weighted by Gasteiger charge is -2.07. The number of rotatable bonds is 6. The molecule has 0 aliphatic rings. The molecule has 0 N–H and O–H groups in total. The lowest BCUT2D eigenvalue weighted by Crippen LogP contribution is -2.10. The van der Waals surface area contributed by atoms with Gasteiger partial charge in [-0.1, -0.05) is 12.7 Å². The number of ether oxygens (including phenoxy) is 2. The first-order valence-electron chi connectivity index (χ1n) is 5.58. The van der Waals surface area contributed by atoms with Gasteiger partial charge in [0.2, 0.25) is 0 Å². The molecule has 1 rings (SSSR count). The number of hydrogen-bond donors (Lipinski definition) is 0. The number of esters is 1. The number of nitrogens with zero attached hydrogens (tertiary/aromatic N) is 1. The Labute approximate surface area is 107 Å². The minimum absolute atomic E-state index is 0.167. The van der Waals surface area contributed by atoms with Gasteiger partial charge in [-0.05, 0) is 29.8 Å². The molecule has 0 aliphatic heterocycles. The summed E-state index contributed by atoms with van der Waals surface area (Å²) >= 11 is 0. The summed E-state index contributed by atoms with van der Waals surface area (Å²) in [6, 6.07) is 7.40. The quantitative estimate of drug-likeness (QED) is 0.440. The van der Waals surface area contributed by atoms with Crippen LogP contribution < -0.4 is 4.74 Å². The van der Waals surface area contributed by atoms with E-state index in [1.54, 1.807) is 13.1 Å². The van der Waals surface area contributed by atoms with Gasteiger partial charge in [0, 0.05) is 7.05 Å². The van der Waals surface area contributed by atoms with E-state index in [1.165, 1.54) is 7.11 Å². The van der Waals surface area contributed by atoms with E-state index in [1.807, 2.05) is 24.3 Å². The van der Waals surface area contributed by atoms with Crippen LogP contribution >= 0.6 is 0 Å². The van der Waals surface area contributed by atoms with Gasteiger partial charge < -0.3 is 9.47 Å². The Morgan fingerprint density at radius 2 is 2.06 bits per heavy atom. The second kappa shape index (κ2) is 7.27. The molecule has 0 aliphatic carbocycles. The first-order valence-corrected chi connectivity index (χ1v) is 5.58. The molecule has 4 nitrogen and oxygen atoms in total. The van der Waals surface area contributed by atoms with Crippen molar-refractivity contribution in [1.29, 1.82) is 0 Å². The highest BCUT2D eigenvalue weighted by Crippen LogP contribution is 2.14. The van der Waals surface area contributed by atoms with Crippen LogP contribution in [0.5, 0.6) is 5.75 Å². The highest BCUT2D eigenvalue weighted by Gasteiger charge is 2.09.